The summed E-state index contributed by atoms with van der Waals surface area (Å²) in [5, 5.41) is 0. The first-order valence-electron chi connectivity index (χ1n) is 5.55. The normalized spacial score (nSPS) is 10.1. The van der Waals surface area contributed by atoms with Crippen LogP contribution in [0.1, 0.15) is 31.7 Å². The van der Waals surface area contributed by atoms with Gasteiger partial charge in [-0.2, -0.15) is 0 Å². The zero-order chi connectivity index (χ0) is 11.1. The number of methoxy groups -OCH3 is 1. The van der Waals surface area contributed by atoms with Crippen LogP contribution in [0.2, 0.25) is 0 Å². The molecule has 0 aromatic heterocycles. The average Bonchev–Trinajstić information content (AvgIpc) is 2.25. The average molecular weight is 208 g/mol. The third-order valence-electron chi connectivity index (χ3n) is 2.32. The third-order valence-corrected chi connectivity index (χ3v) is 2.32. The predicted octanol–water partition coefficient (Wildman–Crippen LogP) is 3.57. The van der Waals surface area contributed by atoms with E-state index in [1.54, 1.807) is 7.11 Å². The van der Waals surface area contributed by atoms with Gasteiger partial charge in [-0.05, 0) is 31.0 Å². The Labute approximate surface area is 92.2 Å². The summed E-state index contributed by atoms with van der Waals surface area (Å²) in [7, 11) is 1.67. The summed E-state index contributed by atoms with van der Waals surface area (Å²) < 4.78 is 10.9. The standard InChI is InChI=1S/C13H20O2/c1-4-5-6-9-15-13-10-11(2)7-8-12(13)14-3/h7-8,10H,4-6,9H2,1-3H3. The zero-order valence-electron chi connectivity index (χ0n) is 9.88. The minimum Gasteiger partial charge on any atom is -0.493 e. The topological polar surface area (TPSA) is 18.5 Å². The van der Waals surface area contributed by atoms with Crippen molar-refractivity contribution in [3.63, 3.8) is 0 Å². The van der Waals surface area contributed by atoms with Crippen molar-refractivity contribution in [1.82, 2.24) is 0 Å². The Kier molecular flexibility index (Phi) is 5.02. The lowest BCUT2D eigenvalue weighted by molar-refractivity contribution is 0.286. The van der Waals surface area contributed by atoms with Gasteiger partial charge in [-0.1, -0.05) is 25.8 Å². The van der Waals surface area contributed by atoms with Crippen molar-refractivity contribution < 1.29 is 9.47 Å². The number of hydrogen-bond donors (Lipinski definition) is 0. The SMILES string of the molecule is CCCCCOc1cc(C)ccc1OC. The Morgan fingerprint density at radius 3 is 2.60 bits per heavy atom. The van der Waals surface area contributed by atoms with E-state index in [-0.39, 0.29) is 0 Å². The van der Waals surface area contributed by atoms with Gasteiger partial charge in [0.1, 0.15) is 0 Å². The molecule has 1 aromatic carbocycles. The van der Waals surface area contributed by atoms with Crippen LogP contribution in [0.25, 0.3) is 0 Å². The molecule has 2 nitrogen and oxygen atoms in total. The summed E-state index contributed by atoms with van der Waals surface area (Å²) in [6.45, 7) is 5.01. The quantitative estimate of drug-likeness (QED) is 0.665. The highest BCUT2D eigenvalue weighted by Gasteiger charge is 2.03. The minimum absolute atomic E-state index is 0.771. The first-order chi connectivity index (χ1) is 7.27. The molecule has 15 heavy (non-hydrogen) atoms. The highest BCUT2D eigenvalue weighted by atomic mass is 16.5. The van der Waals surface area contributed by atoms with E-state index in [1.807, 2.05) is 18.2 Å². The van der Waals surface area contributed by atoms with Crippen LogP contribution in [0.4, 0.5) is 0 Å². The molecule has 0 N–H and O–H groups in total. The van der Waals surface area contributed by atoms with Gasteiger partial charge in [-0.15, -0.1) is 0 Å². The second-order valence-electron chi connectivity index (χ2n) is 3.71. The van der Waals surface area contributed by atoms with Gasteiger partial charge in [0.2, 0.25) is 0 Å². The highest BCUT2D eigenvalue weighted by Crippen LogP contribution is 2.27. The molecular formula is C13H20O2. The highest BCUT2D eigenvalue weighted by molar-refractivity contribution is 5.42. The van der Waals surface area contributed by atoms with Crippen LogP contribution in [0, 0.1) is 6.92 Å². The maximum atomic E-state index is 5.69. The van der Waals surface area contributed by atoms with Gasteiger partial charge in [0, 0.05) is 0 Å². The smallest absolute Gasteiger partial charge is 0.161 e. The summed E-state index contributed by atoms with van der Waals surface area (Å²) in [6, 6.07) is 5.99. The summed E-state index contributed by atoms with van der Waals surface area (Å²) in [6.07, 6.45) is 3.54. The molecule has 0 aliphatic heterocycles. The molecular weight excluding hydrogens is 188 g/mol. The van der Waals surface area contributed by atoms with Crippen molar-refractivity contribution in [3.8, 4) is 11.5 Å². The molecule has 0 atom stereocenters. The van der Waals surface area contributed by atoms with Gasteiger partial charge < -0.3 is 9.47 Å². The molecule has 0 heterocycles. The Morgan fingerprint density at radius 1 is 1.13 bits per heavy atom. The predicted molar refractivity (Wildman–Crippen MR) is 62.8 cm³/mol. The number of hydrogen-bond acceptors (Lipinski definition) is 2. The Morgan fingerprint density at radius 2 is 1.93 bits per heavy atom. The van der Waals surface area contributed by atoms with E-state index < -0.39 is 0 Å². The summed E-state index contributed by atoms with van der Waals surface area (Å²) >= 11 is 0. The molecule has 0 aliphatic rings. The summed E-state index contributed by atoms with van der Waals surface area (Å²) in [5.41, 5.74) is 1.20. The maximum absolute atomic E-state index is 5.69. The fourth-order valence-electron chi connectivity index (χ4n) is 1.43. The molecule has 0 bridgehead atoms. The molecule has 0 amide bonds. The molecule has 84 valence electrons. The Bertz CT molecular complexity index is 295. The number of aryl methyl sites for hydroxylation is 1. The first kappa shape index (κ1) is 11.9. The molecule has 0 unspecified atom stereocenters. The van der Waals surface area contributed by atoms with Crippen molar-refractivity contribution in [2.24, 2.45) is 0 Å². The second kappa shape index (κ2) is 6.33. The minimum atomic E-state index is 0.771. The molecule has 0 spiro atoms. The van der Waals surface area contributed by atoms with E-state index in [2.05, 4.69) is 13.8 Å². The second-order valence-corrected chi connectivity index (χ2v) is 3.71. The van der Waals surface area contributed by atoms with Crippen molar-refractivity contribution >= 4 is 0 Å². The molecule has 0 fully saturated rings. The van der Waals surface area contributed by atoms with Gasteiger partial charge in [0.15, 0.2) is 11.5 Å². The van der Waals surface area contributed by atoms with E-state index in [4.69, 9.17) is 9.47 Å². The van der Waals surface area contributed by atoms with Gasteiger partial charge in [0.05, 0.1) is 13.7 Å². The maximum Gasteiger partial charge on any atom is 0.161 e. The molecule has 0 radical (unpaired) electrons. The number of rotatable bonds is 6. The lowest BCUT2D eigenvalue weighted by Crippen LogP contribution is -1.99. The van der Waals surface area contributed by atoms with Crippen LogP contribution in [0.3, 0.4) is 0 Å². The van der Waals surface area contributed by atoms with Crippen molar-refractivity contribution in [2.75, 3.05) is 13.7 Å². The zero-order valence-corrected chi connectivity index (χ0v) is 9.88. The molecule has 1 rings (SSSR count). The van der Waals surface area contributed by atoms with Gasteiger partial charge in [-0.25, -0.2) is 0 Å². The van der Waals surface area contributed by atoms with Crippen LogP contribution < -0.4 is 9.47 Å². The van der Waals surface area contributed by atoms with Crippen LogP contribution >= 0.6 is 0 Å². The number of benzene rings is 1. The number of unbranched alkanes of at least 4 members (excludes halogenated alkanes) is 2. The first-order valence-corrected chi connectivity index (χ1v) is 5.55. The van der Waals surface area contributed by atoms with Gasteiger partial charge >= 0.3 is 0 Å². The summed E-state index contributed by atoms with van der Waals surface area (Å²) in [5.74, 6) is 1.67. The van der Waals surface area contributed by atoms with E-state index >= 15 is 0 Å². The molecule has 0 aliphatic carbocycles. The lowest BCUT2D eigenvalue weighted by atomic mass is 10.2. The largest absolute Gasteiger partial charge is 0.493 e. The van der Waals surface area contributed by atoms with Crippen LogP contribution in [0.15, 0.2) is 18.2 Å². The molecule has 0 saturated heterocycles. The fraction of sp³-hybridized carbons (Fsp3) is 0.538. The van der Waals surface area contributed by atoms with E-state index in [0.29, 0.717) is 0 Å². The van der Waals surface area contributed by atoms with Crippen molar-refractivity contribution in [3.05, 3.63) is 23.8 Å². The summed E-state index contributed by atoms with van der Waals surface area (Å²) in [4.78, 5) is 0. The van der Waals surface area contributed by atoms with Gasteiger partial charge in [-0.3, -0.25) is 0 Å². The molecule has 2 heteroatoms. The van der Waals surface area contributed by atoms with E-state index in [9.17, 15) is 0 Å². The monoisotopic (exact) mass is 208 g/mol. The van der Waals surface area contributed by atoms with Crippen molar-refractivity contribution in [1.29, 1.82) is 0 Å². The van der Waals surface area contributed by atoms with Gasteiger partial charge in [0.25, 0.3) is 0 Å². The van der Waals surface area contributed by atoms with Crippen LogP contribution in [0.5, 0.6) is 11.5 Å². The number of ether oxygens (including phenoxy) is 2. The van der Waals surface area contributed by atoms with Crippen molar-refractivity contribution in [2.45, 2.75) is 33.1 Å². The Balaban J connectivity index is 2.54. The fourth-order valence-corrected chi connectivity index (χ4v) is 1.43. The third kappa shape index (κ3) is 3.82. The molecule has 1 aromatic rings. The van der Waals surface area contributed by atoms with Crippen LogP contribution in [-0.4, -0.2) is 13.7 Å². The van der Waals surface area contributed by atoms with E-state index in [1.165, 1.54) is 18.4 Å². The lowest BCUT2D eigenvalue weighted by Gasteiger charge is -2.10. The Hall–Kier alpha value is -1.18. The molecule has 0 saturated carbocycles. The van der Waals surface area contributed by atoms with E-state index in [0.717, 1.165) is 24.5 Å². The van der Waals surface area contributed by atoms with Crippen LogP contribution in [-0.2, 0) is 0 Å².